The Bertz CT molecular complexity index is 1560. The van der Waals surface area contributed by atoms with Gasteiger partial charge in [-0.2, -0.15) is 0 Å². The molecule has 0 radical (unpaired) electrons. The standard InChI is InChI=1S/2C14H31NO4Si.C9H19NO2.C8H16N2O3.C7H16N2O3S/c2*1-6-13(5)14(16)15-11-10-12-20(17-7-2,18-8-3)19-9-4;1-5-8(2)9(11)12-7-6-10(3)4;1-3-6(2)7(11)13-5-4-10-8(9)12;1-3-6(2)7(10)9-4-5-13(8,11)12/h2*13H,6-12H2,1-5H3,(H,15,16);8H,5-7H2,1-4H3;6H,3-5H2,1-2H3,(H3,9,10,12);6H,3-5H2,1-2H3,(H,9,10)(H2,8,11,12). The Labute approximate surface area is 474 Å². The number of nitrogens with two attached hydrogens (primary N) is 2. The topological polar surface area (TPSA) is 314 Å². The molecule has 5 unspecified atom stereocenters. The number of sulfonamides is 1. The van der Waals surface area contributed by atoms with Crippen molar-refractivity contribution in [3.05, 3.63) is 0 Å². The van der Waals surface area contributed by atoms with Crippen molar-refractivity contribution < 1.29 is 73.2 Å². The first kappa shape index (κ1) is 83.5. The second-order valence-electron chi connectivity index (χ2n) is 18.4. The molecule has 0 aromatic heterocycles. The summed E-state index contributed by atoms with van der Waals surface area (Å²) < 4.78 is 65.4. The smallest absolute Gasteiger partial charge is 0.464 e. The Hall–Kier alpha value is -3.32. The Balaban J connectivity index is -0.000000290. The minimum atomic E-state index is -3.47. The number of urea groups is 1. The van der Waals surface area contributed by atoms with E-state index in [-0.39, 0.29) is 84.7 Å². The van der Waals surface area contributed by atoms with E-state index in [0.717, 1.165) is 63.6 Å². The first-order valence-corrected chi connectivity index (χ1v) is 33.9. The van der Waals surface area contributed by atoms with Gasteiger partial charge in [0.1, 0.15) is 13.2 Å². The van der Waals surface area contributed by atoms with Crippen molar-refractivity contribution in [3.8, 4) is 0 Å². The zero-order valence-electron chi connectivity index (χ0n) is 51.7. The van der Waals surface area contributed by atoms with Crippen LogP contribution < -0.4 is 32.1 Å². The van der Waals surface area contributed by atoms with Crippen LogP contribution in [0.4, 0.5) is 4.79 Å². The van der Waals surface area contributed by atoms with E-state index in [0.29, 0.717) is 59.3 Å². The molecule has 0 aliphatic rings. The van der Waals surface area contributed by atoms with Crippen LogP contribution in [0.5, 0.6) is 0 Å². The number of rotatable bonds is 39. The third-order valence-corrected chi connectivity index (χ3v) is 18.5. The van der Waals surface area contributed by atoms with Gasteiger partial charge in [0.05, 0.1) is 24.1 Å². The Morgan fingerprint density at radius 1 is 0.462 bits per heavy atom. The van der Waals surface area contributed by atoms with Gasteiger partial charge < -0.3 is 67.9 Å². The van der Waals surface area contributed by atoms with Gasteiger partial charge in [-0.3, -0.25) is 24.0 Å². The Morgan fingerprint density at radius 2 is 0.756 bits per heavy atom. The minimum absolute atomic E-state index is 0.0344. The maximum atomic E-state index is 11.7. The van der Waals surface area contributed by atoms with E-state index in [9.17, 15) is 37.2 Å². The summed E-state index contributed by atoms with van der Waals surface area (Å²) in [7, 11) is -4.66. The van der Waals surface area contributed by atoms with Crippen molar-refractivity contribution in [3.63, 3.8) is 0 Å². The SMILES string of the molecule is CCC(C)C(=O)NCCS(N)(=O)=O.CCC(C)C(=O)OCCN(C)C.CCC(C)C(=O)OCCNC(N)=O.CCO[Si](CCCNC(=O)C(C)CC)(OCC)OCC.CCO[Si](CCCNC(=O)C(C)CC)(OCC)OCC. The number of ether oxygens (including phenoxy) is 2. The van der Waals surface area contributed by atoms with Crippen LogP contribution in [0.25, 0.3) is 0 Å². The number of nitrogens with zero attached hydrogens (tertiary/aromatic N) is 1. The predicted octanol–water partition coefficient (Wildman–Crippen LogP) is 5.99. The molecule has 0 rings (SSSR count). The highest BCUT2D eigenvalue weighted by Crippen LogP contribution is 2.19. The van der Waals surface area contributed by atoms with Gasteiger partial charge in [-0.05, 0) is 101 Å². The lowest BCUT2D eigenvalue weighted by atomic mass is 10.1. The zero-order valence-corrected chi connectivity index (χ0v) is 54.5. The Morgan fingerprint density at radius 3 is 1.01 bits per heavy atom. The summed E-state index contributed by atoms with van der Waals surface area (Å²) in [6, 6.07) is 0.867. The molecule has 8 N–H and O–H groups in total. The van der Waals surface area contributed by atoms with E-state index in [1.165, 1.54) is 0 Å². The number of nitrogens with one attached hydrogen (secondary N) is 4. The van der Waals surface area contributed by atoms with Crippen molar-refractivity contribution in [2.24, 2.45) is 40.5 Å². The lowest BCUT2D eigenvalue weighted by Crippen LogP contribution is -2.46. The van der Waals surface area contributed by atoms with Crippen LogP contribution in [0, 0.1) is 29.6 Å². The number of esters is 2. The summed E-state index contributed by atoms with van der Waals surface area (Å²) in [6.07, 6.45) is 5.69. The summed E-state index contributed by atoms with van der Waals surface area (Å²) in [4.78, 5) is 68.8. The third kappa shape index (κ3) is 49.7. The molecular weight excluding hydrogens is 1070 g/mol. The average Bonchev–Trinajstić information content (AvgIpc) is 3.39. The fourth-order valence-corrected chi connectivity index (χ4v) is 11.3. The highest BCUT2D eigenvalue weighted by atomic mass is 32.2. The molecule has 0 heterocycles. The van der Waals surface area contributed by atoms with Crippen molar-refractivity contribution in [1.82, 2.24) is 26.2 Å². The molecule has 0 aromatic rings. The average molecular weight is 1180 g/mol. The lowest BCUT2D eigenvalue weighted by Gasteiger charge is -2.28. The van der Waals surface area contributed by atoms with Gasteiger partial charge in [0.15, 0.2) is 0 Å². The van der Waals surface area contributed by atoms with Crippen LogP contribution in [-0.4, -0.2) is 172 Å². The summed E-state index contributed by atoms with van der Waals surface area (Å²) in [5.41, 5.74) is 4.80. The van der Waals surface area contributed by atoms with Crippen molar-refractivity contribution in [2.75, 3.05) is 105 Å². The van der Waals surface area contributed by atoms with E-state index in [1.54, 1.807) is 13.8 Å². The van der Waals surface area contributed by atoms with E-state index in [1.807, 2.05) is 116 Å². The van der Waals surface area contributed by atoms with E-state index in [2.05, 4.69) is 21.3 Å². The molecule has 0 aromatic carbocycles. The molecule has 5 amide bonds. The monoisotopic (exact) mass is 1180 g/mol. The van der Waals surface area contributed by atoms with Crippen molar-refractivity contribution in [2.45, 2.75) is 168 Å². The quantitative estimate of drug-likeness (QED) is 0.0234. The molecule has 0 spiro atoms. The van der Waals surface area contributed by atoms with Crippen LogP contribution in [0.15, 0.2) is 0 Å². The first-order chi connectivity index (χ1) is 36.6. The van der Waals surface area contributed by atoms with Gasteiger partial charge >= 0.3 is 35.6 Å². The predicted molar refractivity (Wildman–Crippen MR) is 312 cm³/mol. The second kappa shape index (κ2) is 53.0. The third-order valence-electron chi connectivity index (χ3n) is 11.4. The van der Waals surface area contributed by atoms with Crippen LogP contribution in [0.3, 0.4) is 0 Å². The molecule has 0 aliphatic heterocycles. The number of carbonyl (C=O) groups is 6. The normalized spacial score (nSPS) is 13.1. The number of carbonyl (C=O) groups excluding carboxylic acids is 6. The molecular formula is C52H113N7O16SSi2. The lowest BCUT2D eigenvalue weighted by molar-refractivity contribution is -0.148. The molecule has 466 valence electrons. The molecule has 5 atom stereocenters. The van der Waals surface area contributed by atoms with Gasteiger partial charge in [0.25, 0.3) is 0 Å². The van der Waals surface area contributed by atoms with Gasteiger partial charge in [-0.25, -0.2) is 18.4 Å². The fourth-order valence-electron chi connectivity index (χ4n) is 5.70. The maximum absolute atomic E-state index is 11.7. The van der Waals surface area contributed by atoms with E-state index in [4.69, 9.17) is 46.9 Å². The van der Waals surface area contributed by atoms with Crippen LogP contribution in [-0.2, 0) is 70.0 Å². The Kier molecular flexibility index (Phi) is 56.8. The van der Waals surface area contributed by atoms with Crippen LogP contribution >= 0.6 is 0 Å². The van der Waals surface area contributed by atoms with Gasteiger partial charge in [-0.15, -0.1) is 0 Å². The summed E-state index contributed by atoms with van der Waals surface area (Å²) in [6.45, 7) is 37.5. The molecule has 78 heavy (non-hydrogen) atoms. The van der Waals surface area contributed by atoms with E-state index < -0.39 is 33.7 Å². The van der Waals surface area contributed by atoms with Crippen molar-refractivity contribution >= 4 is 63.3 Å². The number of primary sulfonamides is 1. The number of primary amides is 1. The molecule has 0 fully saturated rings. The number of hydrogen-bond acceptors (Lipinski definition) is 17. The highest BCUT2D eigenvalue weighted by Gasteiger charge is 2.40. The fraction of sp³-hybridized carbons (Fsp3) is 0.885. The summed E-state index contributed by atoms with van der Waals surface area (Å²) in [5, 5.41) is 15.5. The summed E-state index contributed by atoms with van der Waals surface area (Å²) in [5.74, 6) is -0.436. The van der Waals surface area contributed by atoms with Crippen LogP contribution in [0.2, 0.25) is 12.1 Å². The molecule has 23 nitrogen and oxygen atoms in total. The summed E-state index contributed by atoms with van der Waals surface area (Å²) >= 11 is 0. The number of hydrogen-bond donors (Lipinski definition) is 6. The molecule has 0 aliphatic carbocycles. The van der Waals surface area contributed by atoms with E-state index >= 15 is 0 Å². The zero-order chi connectivity index (χ0) is 61.2. The second-order valence-corrected chi connectivity index (χ2v) is 25.6. The van der Waals surface area contributed by atoms with Gasteiger partial charge in [0, 0.05) is 95.7 Å². The highest BCUT2D eigenvalue weighted by molar-refractivity contribution is 7.89. The van der Waals surface area contributed by atoms with Crippen LogP contribution in [0.1, 0.15) is 156 Å². The number of likely N-dealkylation sites (N-methyl/N-ethyl adjacent to an activating group) is 1. The van der Waals surface area contributed by atoms with Gasteiger partial charge in [-0.1, -0.05) is 69.2 Å². The first-order valence-electron chi connectivity index (χ1n) is 28.3. The molecule has 0 saturated heterocycles. The maximum Gasteiger partial charge on any atom is 0.500 e. The minimum Gasteiger partial charge on any atom is -0.464 e. The largest absolute Gasteiger partial charge is 0.500 e. The number of amides is 5. The molecule has 26 heteroatoms. The molecule has 0 saturated carbocycles. The van der Waals surface area contributed by atoms with Gasteiger partial charge in [0.2, 0.25) is 27.7 Å². The molecule has 0 bridgehead atoms. The van der Waals surface area contributed by atoms with Crippen molar-refractivity contribution in [1.29, 1.82) is 0 Å².